The smallest absolute Gasteiger partial charge is 0.407 e. The summed E-state index contributed by atoms with van der Waals surface area (Å²) in [6.07, 6.45) is 15.5. The first-order valence-corrected chi connectivity index (χ1v) is 53.0. The monoisotopic (exact) mass is 2020 g/mol. The Morgan fingerprint density at radius 2 is 1.12 bits per heavy atom. The molecule has 1 unspecified atom stereocenters. The fourth-order valence-corrected chi connectivity index (χ4v) is 23.0. The number of phenolic OH excluding ortho intramolecular Hbond substituents is 1. The number of carbonyl (C=O) groups is 11. The predicted molar refractivity (Wildman–Crippen MR) is 537 cm³/mol. The van der Waals surface area contributed by atoms with E-state index in [1.54, 1.807) is 19.9 Å². The second-order valence-electron chi connectivity index (χ2n) is 42.8. The molecule has 3 saturated carbocycles. The van der Waals surface area contributed by atoms with Crippen LogP contribution in [-0.2, 0) is 121 Å². The number of ketones is 2. The van der Waals surface area contributed by atoms with E-state index in [2.05, 4.69) is 99.4 Å². The van der Waals surface area contributed by atoms with Crippen molar-refractivity contribution >= 4 is 65.0 Å². The minimum atomic E-state index is -1.41. The predicted octanol–water partition coefficient (Wildman–Crippen LogP) is 6.23. The van der Waals surface area contributed by atoms with E-state index in [9.17, 15) is 58.2 Å². The standard InChI is InChI=1S/C105H168N16O23/c1-70(2)94(87(125)65-74(19-16-42-109-100(106)133)96(129)112-83(67-122)86(124)64-71-23-24-72-26-33-89-102(3,79(72)63-71)37-17-39-104(89,5)98(131)114-99(132)105(6)40-18-38-103(4)80-66-75(123)28-25-73(80)27-34-90(103)105)113-97(130)82(111-92(127)36-48-136-52-56-140-59-61-141-57-53-137-49-44-110-101(134)144-68-78-76-29-31-81-84(32-30-77(76)78)119(7)117-115-81)20-14-15-41-107-93(128)69-143-88-22-13-11-12-21-85-95(88)116-118-120(85)45-50-138-54-58-142-62-60-139-55-51-135-47-35-91(126)108-43-46-121(8,9)10/h23-25,28,63,66,70,74,76-78,82-83,88-90,94,115-118,122H,11-22,26-27,29-62,64-65,67-69H2,1-10H3,(H10-,106,107,108,109,110,111,112,113,114,123,126,127,128,129,130,131,132,133,134)/p+1/t74-,76+,77-,78+,82-,83+,88?,89-,90-,94+,102-,103-,104+,105+/m1/s1. The third-order valence-electron chi connectivity index (χ3n) is 31.2. The summed E-state index contributed by atoms with van der Waals surface area (Å²) in [5.41, 5.74) is 25.3. The number of urea groups is 1. The molecule has 11 rings (SSSR count). The Morgan fingerprint density at radius 3 is 1.74 bits per heavy atom. The van der Waals surface area contributed by atoms with Crippen LogP contribution in [-0.4, -0.2) is 307 Å². The molecule has 16 N–H and O–H groups in total. The normalized spacial score (nSPS) is 24.0. The van der Waals surface area contributed by atoms with E-state index in [0.717, 1.165) is 123 Å². The largest absolute Gasteiger partial charge is 0.508 e. The number of alkyl carbamates (subject to hydrolysis) is 1. The first-order chi connectivity index (χ1) is 69.1. The van der Waals surface area contributed by atoms with Crippen molar-refractivity contribution in [2.75, 3.05) is 193 Å². The molecule has 14 atom stereocenters. The van der Waals surface area contributed by atoms with Gasteiger partial charge in [-0.25, -0.2) is 9.59 Å². The van der Waals surface area contributed by atoms with Gasteiger partial charge in [0.1, 0.15) is 30.5 Å². The zero-order valence-corrected chi connectivity index (χ0v) is 87.2. The number of amides is 10. The highest BCUT2D eigenvalue weighted by molar-refractivity contribution is 6.01. The molecule has 39 nitrogen and oxygen atoms in total. The van der Waals surface area contributed by atoms with Gasteiger partial charge in [0.25, 0.3) is 0 Å². The number of phenols is 1. The van der Waals surface area contributed by atoms with Crippen molar-refractivity contribution in [1.82, 2.24) is 74.5 Å². The van der Waals surface area contributed by atoms with Gasteiger partial charge < -0.3 is 116 Å². The van der Waals surface area contributed by atoms with Crippen LogP contribution in [0.4, 0.5) is 9.59 Å². The Kier molecular flexibility index (Phi) is 45.4. The molecule has 0 bridgehead atoms. The Morgan fingerprint density at radius 1 is 0.535 bits per heavy atom. The van der Waals surface area contributed by atoms with Crippen LogP contribution in [0.25, 0.3) is 0 Å². The van der Waals surface area contributed by atoms with Crippen LogP contribution in [0.2, 0.25) is 0 Å². The average molecular weight is 2020 g/mol. The van der Waals surface area contributed by atoms with Gasteiger partial charge in [0.15, 0.2) is 11.6 Å². The second-order valence-corrected chi connectivity index (χ2v) is 42.8. The number of benzene rings is 2. The average Bonchev–Trinajstić information content (AvgIpc) is 1.68. The summed E-state index contributed by atoms with van der Waals surface area (Å²) in [4.78, 5) is 153. The van der Waals surface area contributed by atoms with Crippen LogP contribution < -0.4 is 70.2 Å². The van der Waals surface area contributed by atoms with Gasteiger partial charge in [-0.05, 0) is 215 Å². The molecule has 10 amide bonds. The van der Waals surface area contributed by atoms with Gasteiger partial charge in [0.05, 0.1) is 194 Å². The maximum Gasteiger partial charge on any atom is 0.407 e. The number of ether oxygens (including phenoxy) is 10. The van der Waals surface area contributed by atoms with Gasteiger partial charge in [-0.2, -0.15) is 0 Å². The summed E-state index contributed by atoms with van der Waals surface area (Å²) < 4.78 is 58.2. The molecule has 9 aliphatic rings. The van der Waals surface area contributed by atoms with E-state index in [-0.39, 0.29) is 138 Å². The van der Waals surface area contributed by atoms with Crippen LogP contribution >= 0.6 is 0 Å². The molecule has 3 fully saturated rings. The zero-order chi connectivity index (χ0) is 103. The number of aliphatic hydroxyl groups is 1. The topological polar surface area (TPSA) is 497 Å². The molecule has 0 spiro atoms. The lowest BCUT2D eigenvalue weighted by Gasteiger charge is -2.56. The number of rotatable bonds is 62. The third kappa shape index (κ3) is 33.6. The van der Waals surface area contributed by atoms with Crippen molar-refractivity contribution in [3.8, 4) is 5.75 Å². The lowest BCUT2D eigenvalue weighted by atomic mass is 9.49. The third-order valence-corrected chi connectivity index (χ3v) is 31.2. The number of primary amides is 1. The number of carbonyl (C=O) groups excluding carboxylic acids is 11. The number of hydrogen-bond donors (Lipinski definition) is 15. The van der Waals surface area contributed by atoms with Crippen LogP contribution in [0.1, 0.15) is 230 Å². The number of nitrogens with zero attached hydrogens (tertiary/aromatic N) is 3. The molecule has 0 radical (unpaired) electrons. The number of nitrogens with one attached hydrogen (secondary N) is 12. The molecular weight excluding hydrogens is 1850 g/mol. The first-order valence-electron chi connectivity index (χ1n) is 53.0. The summed E-state index contributed by atoms with van der Waals surface area (Å²) in [5.74, 6) is -4.01. The van der Waals surface area contributed by atoms with Crippen molar-refractivity contribution in [2.45, 2.75) is 256 Å². The summed E-state index contributed by atoms with van der Waals surface area (Å²) in [7, 11) is 8.25. The molecule has 2 heterocycles. The molecule has 7 aliphatic carbocycles. The summed E-state index contributed by atoms with van der Waals surface area (Å²) in [5, 5.41) is 48.3. The number of aliphatic hydroxyl groups excluding tert-OH is 1. The fourth-order valence-electron chi connectivity index (χ4n) is 23.0. The Hall–Kier alpha value is -9.23. The summed E-state index contributed by atoms with van der Waals surface area (Å²) >= 11 is 0. The Bertz CT molecular complexity index is 4630. The van der Waals surface area contributed by atoms with Gasteiger partial charge in [-0.1, -0.05) is 91.5 Å². The SMILES string of the molecule is CC(C)[C@H](NC(=O)[C@@H](CCCCNC(=O)COC1CCCCCC2=C1NNN2CCOCCOCCOCCOCCC(=O)NCC[N+](C)(C)C)NC(=O)CCOCCOCCOCCOCCNC(=O)OC[C@@H]1[C@@H]2CCC3=C(CC[C@@H]21)NNN3C)C(=O)C[C@@H](CCCNC(N)=O)C(=O)N[C@@H](CO)C(=O)Cc1ccc2c(c1)[C@@]1(C)CCC[C@](C)(C(=O)NC(=O)[C@@]3(C)CCC[C@]4(C)c5cc(O)ccc5CC[C@@H]34)[C@@H]1CC2. The van der Waals surface area contributed by atoms with Crippen molar-refractivity contribution in [1.29, 1.82) is 0 Å². The highest BCUT2D eigenvalue weighted by Gasteiger charge is 2.59. The molecule has 0 saturated heterocycles. The van der Waals surface area contributed by atoms with Gasteiger partial charge in [-0.15, -0.1) is 11.1 Å². The van der Waals surface area contributed by atoms with E-state index < -0.39 is 107 Å². The molecule has 2 aromatic carbocycles. The van der Waals surface area contributed by atoms with Crippen LogP contribution in [0.3, 0.4) is 0 Å². The number of hydrogen-bond acceptors (Lipinski definition) is 29. The van der Waals surface area contributed by atoms with Crippen molar-refractivity contribution in [3.05, 3.63) is 87.0 Å². The summed E-state index contributed by atoms with van der Waals surface area (Å²) in [6, 6.07) is 6.89. The zero-order valence-electron chi connectivity index (χ0n) is 87.2. The summed E-state index contributed by atoms with van der Waals surface area (Å²) in [6.45, 7) is 18.7. The minimum absolute atomic E-state index is 0.0159. The number of likely N-dealkylation sites (N-methyl/N-ethyl adjacent to an activating group) is 1. The molecule has 2 aromatic rings. The highest BCUT2D eigenvalue weighted by Crippen LogP contribution is 2.61. The number of Topliss-reactive ketones (excluding diaryl/α,β-unsaturated/α-hetero) is 2. The Balaban J connectivity index is 0.634. The number of unbranched alkanes of at least 4 members (excludes halogenated alkanes) is 1. The Labute approximate surface area is 850 Å². The van der Waals surface area contributed by atoms with Gasteiger partial charge in [-0.3, -0.25) is 58.5 Å². The van der Waals surface area contributed by atoms with Gasteiger partial charge >= 0.3 is 12.1 Å². The molecular formula is C105H169N16O23+. The number of quaternary nitrogens is 1. The van der Waals surface area contributed by atoms with E-state index in [0.29, 0.717) is 173 Å². The van der Waals surface area contributed by atoms with Gasteiger partial charge in [0, 0.05) is 64.0 Å². The highest BCUT2D eigenvalue weighted by atomic mass is 16.6. The van der Waals surface area contributed by atoms with E-state index in [1.807, 2.05) is 61.2 Å². The molecule has 39 heteroatoms. The lowest BCUT2D eigenvalue weighted by Crippen LogP contribution is -2.60. The maximum absolute atomic E-state index is 15.1. The van der Waals surface area contributed by atoms with E-state index in [4.69, 9.17) is 53.1 Å². The number of hydrazine groups is 4. The van der Waals surface area contributed by atoms with Gasteiger partial charge in [0.2, 0.25) is 41.4 Å². The molecule has 2 aliphatic heterocycles. The number of fused-ring (bicyclic) bond motifs is 7. The van der Waals surface area contributed by atoms with E-state index >= 15 is 4.79 Å². The number of nitrogens with two attached hydrogens (primary N) is 1. The molecule has 0 aromatic heterocycles. The van der Waals surface area contributed by atoms with Crippen molar-refractivity contribution < 1.29 is 115 Å². The first kappa shape index (κ1) is 115. The number of imide groups is 1. The number of aryl methyl sites for hydroxylation is 2. The van der Waals surface area contributed by atoms with Crippen molar-refractivity contribution in [2.24, 2.45) is 58.0 Å². The van der Waals surface area contributed by atoms with E-state index in [1.165, 1.54) is 17.0 Å². The molecule has 806 valence electrons. The van der Waals surface area contributed by atoms with Crippen LogP contribution in [0, 0.1) is 52.3 Å². The van der Waals surface area contributed by atoms with Crippen LogP contribution in [0.15, 0.2) is 59.2 Å². The van der Waals surface area contributed by atoms with Crippen LogP contribution in [0.5, 0.6) is 5.75 Å². The molecule has 144 heavy (non-hydrogen) atoms. The minimum Gasteiger partial charge on any atom is -0.508 e. The maximum atomic E-state index is 15.1. The lowest BCUT2D eigenvalue weighted by molar-refractivity contribution is -0.869. The fraction of sp³-hybridized carbons (Fsp3) is 0.743. The quantitative estimate of drug-likeness (QED) is 0.0198. The number of allylic oxidation sites excluding steroid dienone is 3. The second kappa shape index (κ2) is 56.8. The number of aromatic hydroxyl groups is 1. The van der Waals surface area contributed by atoms with Crippen molar-refractivity contribution in [3.63, 3.8) is 0 Å².